The lowest BCUT2D eigenvalue weighted by molar-refractivity contribution is -0.117. The fourth-order valence-electron chi connectivity index (χ4n) is 5.52. The van der Waals surface area contributed by atoms with Crippen molar-refractivity contribution in [1.29, 1.82) is 0 Å². The molecule has 5 nitrogen and oxygen atoms in total. The van der Waals surface area contributed by atoms with Crippen LogP contribution in [0.25, 0.3) is 0 Å². The monoisotopic (exact) mass is 425 g/mol. The van der Waals surface area contributed by atoms with E-state index in [0.717, 1.165) is 39.6 Å². The van der Waals surface area contributed by atoms with E-state index in [1.54, 1.807) is 12.5 Å². The molecule has 1 aliphatic heterocycles. The summed E-state index contributed by atoms with van der Waals surface area (Å²) >= 11 is 0. The number of rotatable bonds is 3. The highest BCUT2D eigenvalue weighted by Gasteiger charge is 2.44. The summed E-state index contributed by atoms with van der Waals surface area (Å²) in [4.78, 5) is 26.9. The SMILES string of the molecule is O=C1C[C@H](c2ccco2)CC2=C1C(c1ccccc1)C1=C(C[C@@H](c3ccco3)CC1=O)N2. The number of hydrogen-bond donors (Lipinski definition) is 1. The van der Waals surface area contributed by atoms with Gasteiger partial charge < -0.3 is 14.2 Å². The standard InChI is InChI=1S/C27H23NO4/c29-21-14-17(23-8-4-10-31-23)12-19-26(21)25(16-6-2-1-3-7-16)27-20(28-19)13-18(15-22(27)30)24-9-5-11-32-24/h1-11,17-18,25,28H,12-15H2/t17-,18-/m1/s1. The van der Waals surface area contributed by atoms with E-state index in [1.165, 1.54) is 0 Å². The molecule has 1 aromatic carbocycles. The first-order chi connectivity index (χ1) is 15.7. The molecule has 2 aromatic heterocycles. The van der Waals surface area contributed by atoms with Gasteiger partial charge in [0.15, 0.2) is 11.6 Å². The van der Waals surface area contributed by atoms with Crippen molar-refractivity contribution in [3.8, 4) is 0 Å². The highest BCUT2D eigenvalue weighted by atomic mass is 16.3. The molecule has 6 rings (SSSR count). The van der Waals surface area contributed by atoms with Crippen molar-refractivity contribution in [3.05, 3.63) is 107 Å². The molecular weight excluding hydrogens is 402 g/mol. The molecule has 0 radical (unpaired) electrons. The van der Waals surface area contributed by atoms with Crippen molar-refractivity contribution >= 4 is 11.6 Å². The van der Waals surface area contributed by atoms with Crippen molar-refractivity contribution in [2.24, 2.45) is 0 Å². The van der Waals surface area contributed by atoms with Gasteiger partial charge in [-0.15, -0.1) is 0 Å². The quantitative estimate of drug-likeness (QED) is 0.612. The fraction of sp³-hybridized carbons (Fsp3) is 0.259. The number of ketones is 2. The third kappa shape index (κ3) is 3.08. The summed E-state index contributed by atoms with van der Waals surface area (Å²) < 4.78 is 11.2. The second-order valence-corrected chi connectivity index (χ2v) is 8.84. The van der Waals surface area contributed by atoms with Gasteiger partial charge in [0.05, 0.1) is 12.5 Å². The molecule has 0 fully saturated rings. The average molecular weight is 425 g/mol. The molecule has 2 aliphatic carbocycles. The van der Waals surface area contributed by atoms with E-state index in [2.05, 4.69) is 5.32 Å². The maximum absolute atomic E-state index is 13.5. The number of Topliss-reactive ketones (excluding diaryl/α,β-unsaturated/α-hetero) is 2. The molecule has 1 N–H and O–H groups in total. The average Bonchev–Trinajstić information content (AvgIpc) is 3.52. The van der Waals surface area contributed by atoms with Crippen LogP contribution < -0.4 is 5.32 Å². The first-order valence-electron chi connectivity index (χ1n) is 11.1. The number of dihydropyridines is 1. The molecule has 0 saturated carbocycles. The minimum atomic E-state index is -0.322. The van der Waals surface area contributed by atoms with E-state index < -0.39 is 0 Å². The van der Waals surface area contributed by atoms with E-state index >= 15 is 0 Å². The maximum atomic E-state index is 13.5. The van der Waals surface area contributed by atoms with Crippen molar-refractivity contribution < 1.29 is 18.4 Å². The van der Waals surface area contributed by atoms with Crippen LogP contribution in [0.1, 0.15) is 60.5 Å². The molecule has 3 heterocycles. The lowest BCUT2D eigenvalue weighted by Crippen LogP contribution is -2.38. The Morgan fingerprint density at radius 1 is 0.656 bits per heavy atom. The van der Waals surface area contributed by atoms with Gasteiger partial charge in [-0.3, -0.25) is 9.59 Å². The lowest BCUT2D eigenvalue weighted by atomic mass is 9.68. The van der Waals surface area contributed by atoms with Gasteiger partial charge in [0, 0.05) is 53.1 Å². The summed E-state index contributed by atoms with van der Waals surface area (Å²) in [5.74, 6) is 1.51. The van der Waals surface area contributed by atoms with E-state index in [-0.39, 0.29) is 29.3 Å². The van der Waals surface area contributed by atoms with Crippen LogP contribution in [-0.2, 0) is 9.59 Å². The van der Waals surface area contributed by atoms with Crippen LogP contribution in [0, 0.1) is 0 Å². The van der Waals surface area contributed by atoms with Gasteiger partial charge in [0.2, 0.25) is 0 Å². The van der Waals surface area contributed by atoms with Crippen molar-refractivity contribution in [3.63, 3.8) is 0 Å². The molecule has 3 aliphatic rings. The summed E-state index contributed by atoms with van der Waals surface area (Å²) in [5, 5.41) is 3.54. The smallest absolute Gasteiger partial charge is 0.162 e. The van der Waals surface area contributed by atoms with Crippen LogP contribution in [0.2, 0.25) is 0 Å². The van der Waals surface area contributed by atoms with Gasteiger partial charge in [0.1, 0.15) is 11.5 Å². The van der Waals surface area contributed by atoms with Gasteiger partial charge in [-0.2, -0.15) is 0 Å². The van der Waals surface area contributed by atoms with Gasteiger partial charge in [-0.25, -0.2) is 0 Å². The zero-order valence-corrected chi connectivity index (χ0v) is 17.5. The number of benzene rings is 1. The van der Waals surface area contributed by atoms with E-state index in [0.29, 0.717) is 25.7 Å². The summed E-state index contributed by atoms with van der Waals surface area (Å²) in [6.07, 6.45) is 5.47. The van der Waals surface area contributed by atoms with Gasteiger partial charge in [-0.1, -0.05) is 30.3 Å². The number of carbonyl (C=O) groups is 2. The molecule has 0 bridgehead atoms. The Balaban J connectivity index is 1.45. The Labute approximate surface area is 185 Å². The largest absolute Gasteiger partial charge is 0.469 e. The zero-order chi connectivity index (χ0) is 21.7. The van der Waals surface area contributed by atoms with Crippen LogP contribution >= 0.6 is 0 Å². The number of hydrogen-bond acceptors (Lipinski definition) is 5. The molecular formula is C27H23NO4. The topological polar surface area (TPSA) is 72.5 Å². The summed E-state index contributed by atoms with van der Waals surface area (Å²) in [5.41, 5.74) is 4.31. The molecule has 0 saturated heterocycles. The highest BCUT2D eigenvalue weighted by Crippen LogP contribution is 2.49. The molecule has 5 heteroatoms. The number of allylic oxidation sites excluding steroid dienone is 4. The molecule has 3 aromatic rings. The molecule has 2 atom stereocenters. The minimum Gasteiger partial charge on any atom is -0.469 e. The van der Waals surface area contributed by atoms with Crippen LogP contribution in [-0.4, -0.2) is 11.6 Å². The van der Waals surface area contributed by atoms with Gasteiger partial charge in [0.25, 0.3) is 0 Å². The second-order valence-electron chi connectivity index (χ2n) is 8.84. The molecule has 0 amide bonds. The van der Waals surface area contributed by atoms with E-state index in [9.17, 15) is 9.59 Å². The normalized spacial score (nSPS) is 23.8. The number of carbonyl (C=O) groups excluding carboxylic acids is 2. The summed E-state index contributed by atoms with van der Waals surface area (Å²) in [6.45, 7) is 0. The fourth-order valence-corrected chi connectivity index (χ4v) is 5.52. The van der Waals surface area contributed by atoms with Crippen LogP contribution in [0.5, 0.6) is 0 Å². The Bertz CT molecular complexity index is 1150. The summed E-state index contributed by atoms with van der Waals surface area (Å²) in [7, 11) is 0. The molecule has 0 unspecified atom stereocenters. The Morgan fingerprint density at radius 2 is 1.19 bits per heavy atom. The minimum absolute atomic E-state index is 0.00230. The number of nitrogens with one attached hydrogen (secondary N) is 1. The first kappa shape index (κ1) is 19.1. The van der Waals surface area contributed by atoms with Crippen LogP contribution in [0.3, 0.4) is 0 Å². The molecule has 160 valence electrons. The second kappa shape index (κ2) is 7.52. The third-order valence-electron chi connectivity index (χ3n) is 6.92. The van der Waals surface area contributed by atoms with E-state index in [1.807, 2.05) is 54.6 Å². The predicted octanol–water partition coefficient (Wildman–Crippen LogP) is 5.36. The zero-order valence-electron chi connectivity index (χ0n) is 17.5. The van der Waals surface area contributed by atoms with E-state index in [4.69, 9.17) is 8.83 Å². The first-order valence-corrected chi connectivity index (χ1v) is 11.1. The lowest BCUT2D eigenvalue weighted by Gasteiger charge is -2.40. The number of furan rings is 2. The van der Waals surface area contributed by atoms with Gasteiger partial charge >= 0.3 is 0 Å². The van der Waals surface area contributed by atoms with Crippen molar-refractivity contribution in [2.75, 3.05) is 0 Å². The Hall–Kier alpha value is -3.60. The molecule has 0 spiro atoms. The van der Waals surface area contributed by atoms with Crippen LogP contribution in [0.4, 0.5) is 0 Å². The predicted molar refractivity (Wildman–Crippen MR) is 118 cm³/mol. The molecule has 32 heavy (non-hydrogen) atoms. The van der Waals surface area contributed by atoms with Gasteiger partial charge in [-0.05, 0) is 42.7 Å². The van der Waals surface area contributed by atoms with Crippen molar-refractivity contribution in [1.82, 2.24) is 5.32 Å². The third-order valence-corrected chi connectivity index (χ3v) is 6.92. The Morgan fingerprint density at radius 3 is 1.66 bits per heavy atom. The Kier molecular flexibility index (Phi) is 4.49. The maximum Gasteiger partial charge on any atom is 0.162 e. The van der Waals surface area contributed by atoms with Crippen LogP contribution in [0.15, 0.2) is 98.5 Å². The summed E-state index contributed by atoms with van der Waals surface area (Å²) in [6, 6.07) is 17.5. The van der Waals surface area contributed by atoms with Crippen molar-refractivity contribution in [2.45, 2.75) is 43.4 Å². The highest BCUT2D eigenvalue weighted by molar-refractivity contribution is 6.06.